The van der Waals surface area contributed by atoms with Gasteiger partial charge in [0.2, 0.25) is 11.9 Å². The van der Waals surface area contributed by atoms with Crippen LogP contribution in [0.1, 0.15) is 23.7 Å². The van der Waals surface area contributed by atoms with Crippen molar-refractivity contribution in [1.82, 2.24) is 15.0 Å². The maximum atomic E-state index is 14.1. The highest BCUT2D eigenvalue weighted by molar-refractivity contribution is 5.98. The molecule has 0 saturated carbocycles. The SMILES string of the molecule is CC[C@@H](Nc1nc(Nc2cccc(-c3ncccc3F)c2)c(C(N)=O)c(=O)[nH]1)C(N)=O. The number of benzene rings is 1. The summed E-state index contributed by atoms with van der Waals surface area (Å²) in [6.45, 7) is 1.72. The second-order valence-electron chi connectivity index (χ2n) is 6.55. The summed E-state index contributed by atoms with van der Waals surface area (Å²) >= 11 is 0. The number of H-pyrrole nitrogens is 1. The van der Waals surface area contributed by atoms with Crippen molar-refractivity contribution in [2.24, 2.45) is 11.5 Å². The van der Waals surface area contributed by atoms with Gasteiger partial charge in [-0.2, -0.15) is 4.98 Å². The number of amides is 2. The summed E-state index contributed by atoms with van der Waals surface area (Å²) in [6, 6.07) is 8.47. The lowest BCUT2D eigenvalue weighted by Gasteiger charge is -2.16. The Morgan fingerprint density at radius 3 is 2.65 bits per heavy atom. The summed E-state index contributed by atoms with van der Waals surface area (Å²) < 4.78 is 14.1. The lowest BCUT2D eigenvalue weighted by molar-refractivity contribution is -0.118. The highest BCUT2D eigenvalue weighted by Crippen LogP contribution is 2.25. The predicted molar refractivity (Wildman–Crippen MR) is 113 cm³/mol. The number of rotatable bonds is 8. The number of carbonyl (C=O) groups excluding carboxylic acids is 2. The van der Waals surface area contributed by atoms with Gasteiger partial charge in [-0.25, -0.2) is 4.39 Å². The molecule has 3 aromatic rings. The number of aromatic nitrogens is 3. The van der Waals surface area contributed by atoms with E-state index in [1.807, 2.05) is 0 Å². The average molecular weight is 425 g/mol. The van der Waals surface area contributed by atoms with Crippen molar-refractivity contribution in [1.29, 1.82) is 0 Å². The number of nitrogens with two attached hydrogens (primary N) is 2. The molecule has 1 aromatic carbocycles. The van der Waals surface area contributed by atoms with Crippen LogP contribution in [0.15, 0.2) is 47.4 Å². The minimum absolute atomic E-state index is 0.0740. The van der Waals surface area contributed by atoms with E-state index in [1.165, 1.54) is 18.3 Å². The van der Waals surface area contributed by atoms with Gasteiger partial charge >= 0.3 is 0 Å². The molecule has 160 valence electrons. The third kappa shape index (κ3) is 4.83. The molecule has 0 aliphatic carbocycles. The molecule has 3 rings (SSSR count). The highest BCUT2D eigenvalue weighted by Gasteiger charge is 2.20. The zero-order valence-corrected chi connectivity index (χ0v) is 16.5. The maximum Gasteiger partial charge on any atom is 0.267 e. The third-order valence-corrected chi connectivity index (χ3v) is 4.39. The molecule has 0 radical (unpaired) electrons. The van der Waals surface area contributed by atoms with Crippen molar-refractivity contribution < 1.29 is 14.0 Å². The molecule has 1 atom stereocenters. The highest BCUT2D eigenvalue weighted by atomic mass is 19.1. The number of hydrogen-bond donors (Lipinski definition) is 5. The molecule has 7 N–H and O–H groups in total. The monoisotopic (exact) mass is 425 g/mol. The topological polar surface area (TPSA) is 169 Å². The molecule has 0 bridgehead atoms. The molecule has 0 aliphatic heterocycles. The second-order valence-corrected chi connectivity index (χ2v) is 6.55. The Hall–Kier alpha value is -4.28. The summed E-state index contributed by atoms with van der Waals surface area (Å²) in [4.78, 5) is 46.3. The van der Waals surface area contributed by atoms with E-state index in [4.69, 9.17) is 11.5 Å². The van der Waals surface area contributed by atoms with E-state index in [0.29, 0.717) is 17.7 Å². The first-order chi connectivity index (χ1) is 14.8. The van der Waals surface area contributed by atoms with Gasteiger partial charge in [-0.1, -0.05) is 19.1 Å². The third-order valence-electron chi connectivity index (χ3n) is 4.39. The van der Waals surface area contributed by atoms with Gasteiger partial charge in [-0.05, 0) is 30.7 Å². The average Bonchev–Trinajstić information content (AvgIpc) is 2.71. The largest absolute Gasteiger partial charge is 0.368 e. The molecule has 2 aromatic heterocycles. The molecular weight excluding hydrogens is 405 g/mol. The Bertz CT molecular complexity index is 1200. The van der Waals surface area contributed by atoms with Crippen LogP contribution in [0.5, 0.6) is 0 Å². The Morgan fingerprint density at radius 2 is 2.00 bits per heavy atom. The van der Waals surface area contributed by atoms with E-state index in [-0.39, 0.29) is 17.5 Å². The van der Waals surface area contributed by atoms with Crippen molar-refractivity contribution in [2.75, 3.05) is 10.6 Å². The Balaban J connectivity index is 2.01. The van der Waals surface area contributed by atoms with Crippen molar-refractivity contribution in [3.63, 3.8) is 0 Å². The van der Waals surface area contributed by atoms with Crippen LogP contribution in [0.3, 0.4) is 0 Å². The number of primary amides is 2. The summed E-state index contributed by atoms with van der Waals surface area (Å²) in [5.74, 6) is -2.36. The normalized spacial score (nSPS) is 11.5. The van der Waals surface area contributed by atoms with E-state index in [1.54, 1.807) is 31.2 Å². The number of anilines is 3. The van der Waals surface area contributed by atoms with Crippen LogP contribution in [0.4, 0.5) is 21.8 Å². The van der Waals surface area contributed by atoms with Crippen LogP contribution in [-0.4, -0.2) is 32.8 Å². The number of hydrogen-bond acceptors (Lipinski definition) is 7. The van der Waals surface area contributed by atoms with Crippen LogP contribution < -0.4 is 27.7 Å². The molecule has 0 unspecified atom stereocenters. The molecule has 0 aliphatic rings. The maximum absolute atomic E-state index is 14.1. The Labute approximate surface area is 175 Å². The summed E-state index contributed by atoms with van der Waals surface area (Å²) in [5, 5.41) is 5.56. The van der Waals surface area contributed by atoms with E-state index < -0.39 is 34.8 Å². The lowest BCUT2D eigenvalue weighted by atomic mass is 10.1. The van der Waals surface area contributed by atoms with Crippen LogP contribution >= 0.6 is 0 Å². The smallest absolute Gasteiger partial charge is 0.267 e. The van der Waals surface area contributed by atoms with Gasteiger partial charge in [0.15, 0.2) is 5.82 Å². The summed E-state index contributed by atoms with van der Waals surface area (Å²) in [5.41, 5.74) is 10.4. The van der Waals surface area contributed by atoms with Crippen molar-refractivity contribution in [2.45, 2.75) is 19.4 Å². The first-order valence-electron chi connectivity index (χ1n) is 9.28. The number of pyridine rings is 1. The fourth-order valence-corrected chi connectivity index (χ4v) is 2.88. The fourth-order valence-electron chi connectivity index (χ4n) is 2.88. The predicted octanol–water partition coefficient (Wildman–Crippen LogP) is 1.49. The quantitative estimate of drug-likeness (QED) is 0.364. The van der Waals surface area contributed by atoms with Gasteiger partial charge in [0.25, 0.3) is 11.5 Å². The summed E-state index contributed by atoms with van der Waals surface area (Å²) in [6.07, 6.45) is 1.81. The second kappa shape index (κ2) is 9.03. The van der Waals surface area contributed by atoms with Crippen LogP contribution in [0, 0.1) is 5.82 Å². The molecule has 0 spiro atoms. The van der Waals surface area contributed by atoms with Gasteiger partial charge in [0.05, 0.1) is 0 Å². The Kier molecular flexibility index (Phi) is 6.24. The zero-order chi connectivity index (χ0) is 22.5. The number of carbonyl (C=O) groups is 2. The molecule has 0 fully saturated rings. The number of halogens is 1. The molecule has 10 nitrogen and oxygen atoms in total. The lowest BCUT2D eigenvalue weighted by Crippen LogP contribution is -2.36. The number of nitrogens with one attached hydrogen (secondary N) is 3. The van der Waals surface area contributed by atoms with E-state index in [2.05, 4.69) is 25.6 Å². The van der Waals surface area contributed by atoms with Crippen molar-refractivity contribution in [3.05, 3.63) is 64.3 Å². The molecule has 31 heavy (non-hydrogen) atoms. The van der Waals surface area contributed by atoms with Crippen molar-refractivity contribution >= 4 is 29.3 Å². The molecule has 2 heterocycles. The molecular formula is C20H20FN7O3. The van der Waals surface area contributed by atoms with Gasteiger partial charge < -0.3 is 22.1 Å². The van der Waals surface area contributed by atoms with Gasteiger partial charge in [0, 0.05) is 17.4 Å². The van der Waals surface area contributed by atoms with Gasteiger partial charge in [-0.15, -0.1) is 0 Å². The molecule has 11 heteroatoms. The minimum Gasteiger partial charge on any atom is -0.368 e. The van der Waals surface area contributed by atoms with E-state index in [0.717, 1.165) is 0 Å². The van der Waals surface area contributed by atoms with Crippen LogP contribution in [-0.2, 0) is 4.79 Å². The molecule has 2 amide bonds. The van der Waals surface area contributed by atoms with Gasteiger partial charge in [0.1, 0.15) is 23.1 Å². The minimum atomic E-state index is -1.00. The van der Waals surface area contributed by atoms with E-state index >= 15 is 0 Å². The fraction of sp³-hybridized carbons (Fsp3) is 0.150. The van der Waals surface area contributed by atoms with Crippen molar-refractivity contribution in [3.8, 4) is 11.3 Å². The van der Waals surface area contributed by atoms with E-state index in [9.17, 15) is 18.8 Å². The standard InChI is InChI=1S/C20H20FN7O3/c1-2-13(16(22)29)26-20-27-18(14(17(23)30)19(31)28-20)25-11-6-3-5-10(9-11)15-12(21)7-4-8-24-15/h3-9,13H,2H2,1H3,(H2,22,29)(H2,23,30)(H3,25,26,27,28,31)/t13-/m1/s1. The van der Waals surface area contributed by atoms with Gasteiger partial charge in [-0.3, -0.25) is 24.4 Å². The van der Waals surface area contributed by atoms with Crippen LogP contribution in [0.25, 0.3) is 11.3 Å². The zero-order valence-electron chi connectivity index (χ0n) is 16.5. The summed E-state index contributed by atoms with van der Waals surface area (Å²) in [7, 11) is 0. The first-order valence-corrected chi connectivity index (χ1v) is 9.28. The Morgan fingerprint density at radius 1 is 1.23 bits per heavy atom. The first kappa shape index (κ1) is 21.4. The number of nitrogens with zero attached hydrogens (tertiary/aromatic N) is 2. The molecule has 0 saturated heterocycles. The number of aromatic amines is 1. The van der Waals surface area contributed by atoms with Crippen LogP contribution in [0.2, 0.25) is 0 Å².